The molecular formula is C26H36N4O4. The third kappa shape index (κ3) is 3.72. The number of rotatable bonds is 4. The highest BCUT2D eigenvalue weighted by molar-refractivity contribution is 5.90. The molecule has 1 aromatic carbocycles. The molecule has 8 nitrogen and oxygen atoms in total. The summed E-state index contributed by atoms with van der Waals surface area (Å²) in [6.45, 7) is 5.38. The van der Waals surface area contributed by atoms with E-state index in [1.54, 1.807) is 7.11 Å². The first-order valence-corrected chi connectivity index (χ1v) is 12.5. The van der Waals surface area contributed by atoms with E-state index >= 15 is 0 Å². The molecule has 2 aliphatic heterocycles. The van der Waals surface area contributed by atoms with E-state index in [1.807, 2.05) is 35.8 Å². The number of methoxy groups -OCH3 is 1. The van der Waals surface area contributed by atoms with Crippen LogP contribution in [0, 0.1) is 5.92 Å². The first-order chi connectivity index (χ1) is 16.4. The van der Waals surface area contributed by atoms with Crippen molar-refractivity contribution in [3.8, 4) is 5.75 Å². The van der Waals surface area contributed by atoms with E-state index in [4.69, 9.17) is 4.74 Å². The topological polar surface area (TPSA) is 97.9 Å². The molecule has 5 rings (SSSR count). The molecule has 34 heavy (non-hydrogen) atoms. The molecule has 184 valence electrons. The largest absolute Gasteiger partial charge is 0.497 e. The highest BCUT2D eigenvalue weighted by Crippen LogP contribution is 2.49. The molecule has 1 aliphatic carbocycles. The number of benzene rings is 1. The molecule has 1 spiro atoms. The van der Waals surface area contributed by atoms with Crippen LogP contribution in [0.4, 0.5) is 4.79 Å². The van der Waals surface area contributed by atoms with Crippen LogP contribution in [-0.2, 0) is 10.2 Å². The van der Waals surface area contributed by atoms with Crippen LogP contribution < -0.4 is 10.1 Å². The van der Waals surface area contributed by atoms with Crippen molar-refractivity contribution in [1.82, 2.24) is 20.1 Å². The van der Waals surface area contributed by atoms with Gasteiger partial charge < -0.3 is 29.9 Å². The maximum atomic E-state index is 13.7. The fourth-order valence-corrected chi connectivity index (χ4v) is 6.25. The molecule has 8 heteroatoms. The van der Waals surface area contributed by atoms with E-state index in [-0.39, 0.29) is 35.9 Å². The maximum absolute atomic E-state index is 13.7. The highest BCUT2D eigenvalue weighted by Gasteiger charge is 2.55. The Balaban J connectivity index is 1.55. The van der Waals surface area contributed by atoms with Crippen molar-refractivity contribution < 1.29 is 19.4 Å². The van der Waals surface area contributed by atoms with Gasteiger partial charge in [-0.3, -0.25) is 4.79 Å². The summed E-state index contributed by atoms with van der Waals surface area (Å²) in [5.74, 6) is 0.916. The monoisotopic (exact) mass is 468 g/mol. The molecule has 0 radical (unpaired) electrons. The summed E-state index contributed by atoms with van der Waals surface area (Å²) in [7, 11) is 1.64. The number of fused-ring (bicyclic) bond motifs is 4. The number of carbonyl (C=O) groups is 2. The minimum absolute atomic E-state index is 0.0197. The molecule has 1 saturated heterocycles. The van der Waals surface area contributed by atoms with Gasteiger partial charge in [-0.25, -0.2) is 4.79 Å². The van der Waals surface area contributed by atoms with Crippen LogP contribution in [0.3, 0.4) is 0 Å². The Kier molecular flexibility index (Phi) is 5.96. The van der Waals surface area contributed by atoms with Crippen molar-refractivity contribution in [1.29, 1.82) is 0 Å². The first-order valence-electron chi connectivity index (χ1n) is 12.5. The van der Waals surface area contributed by atoms with Crippen LogP contribution >= 0.6 is 0 Å². The number of nitrogens with one attached hydrogen (secondary N) is 2. The number of aliphatic hydroxyl groups is 1. The Hall–Kier alpha value is -2.74. The minimum Gasteiger partial charge on any atom is -0.497 e. The van der Waals surface area contributed by atoms with Crippen molar-refractivity contribution in [2.75, 3.05) is 33.4 Å². The average Bonchev–Trinajstić information content (AvgIpc) is 3.20. The lowest BCUT2D eigenvalue weighted by Crippen LogP contribution is -2.69. The van der Waals surface area contributed by atoms with Gasteiger partial charge in [0.2, 0.25) is 5.91 Å². The number of carbonyl (C=O) groups excluding carboxylic acids is 2. The van der Waals surface area contributed by atoms with Crippen LogP contribution in [0.5, 0.6) is 5.75 Å². The molecule has 3 N–H and O–H groups in total. The fraction of sp³-hybridized carbons (Fsp3) is 0.615. The number of ether oxygens (including phenoxy) is 1. The lowest BCUT2D eigenvalue weighted by atomic mass is 9.68. The number of aromatic amines is 1. The van der Waals surface area contributed by atoms with Crippen molar-refractivity contribution in [3.05, 3.63) is 29.5 Å². The number of urea groups is 1. The SMILES string of the molecule is COc1ccc2c3c([nH]c2c1)[C@@H](CO)N(C(=O)C1CCCCC1)CC31CN(C(=O)NC(C)C)C1. The second-order valence-electron chi connectivity index (χ2n) is 10.6. The predicted molar refractivity (Wildman–Crippen MR) is 130 cm³/mol. The smallest absolute Gasteiger partial charge is 0.317 e. The molecule has 2 fully saturated rings. The Morgan fingerprint density at radius 2 is 1.94 bits per heavy atom. The summed E-state index contributed by atoms with van der Waals surface area (Å²) in [5, 5.41) is 14.5. The van der Waals surface area contributed by atoms with Gasteiger partial charge in [-0.15, -0.1) is 0 Å². The molecule has 0 bridgehead atoms. The standard InChI is InChI=1S/C26H36N4O4/c1-16(2)27-25(33)29-13-26(14-29)15-30(24(32)17-7-5-4-6-8-17)21(12-31)23-22(26)19-10-9-18(34-3)11-20(19)28-23/h9-11,16-17,21,28,31H,4-8,12-15H2,1-3H3,(H,27,33)/t21-/m1/s1. The van der Waals surface area contributed by atoms with Crippen molar-refractivity contribution >= 4 is 22.8 Å². The second kappa shape index (κ2) is 8.80. The zero-order valence-electron chi connectivity index (χ0n) is 20.4. The number of H-pyrrole nitrogens is 1. The fourth-order valence-electron chi connectivity index (χ4n) is 6.25. The van der Waals surface area contributed by atoms with Crippen LogP contribution in [0.1, 0.15) is 63.3 Å². The zero-order valence-corrected chi connectivity index (χ0v) is 20.4. The summed E-state index contributed by atoms with van der Waals surface area (Å²) >= 11 is 0. The first kappa shape index (κ1) is 23.0. The van der Waals surface area contributed by atoms with E-state index in [2.05, 4.69) is 16.4 Å². The van der Waals surface area contributed by atoms with Gasteiger partial charge in [0.25, 0.3) is 0 Å². The van der Waals surface area contributed by atoms with Gasteiger partial charge in [-0.05, 0) is 44.4 Å². The number of hydrogen-bond donors (Lipinski definition) is 3. The number of hydrogen-bond acceptors (Lipinski definition) is 4. The third-order valence-corrected chi connectivity index (χ3v) is 7.84. The van der Waals surface area contributed by atoms with Gasteiger partial charge in [0, 0.05) is 54.3 Å². The van der Waals surface area contributed by atoms with E-state index in [9.17, 15) is 14.7 Å². The average molecular weight is 469 g/mol. The Morgan fingerprint density at radius 3 is 2.59 bits per heavy atom. The molecule has 3 aliphatic rings. The molecule has 1 aromatic heterocycles. The summed E-state index contributed by atoms with van der Waals surface area (Å²) < 4.78 is 5.43. The number of likely N-dealkylation sites (tertiary alicyclic amines) is 1. The quantitative estimate of drug-likeness (QED) is 0.641. The van der Waals surface area contributed by atoms with Crippen LogP contribution in [-0.4, -0.2) is 71.2 Å². The van der Waals surface area contributed by atoms with Crippen molar-refractivity contribution in [3.63, 3.8) is 0 Å². The number of amides is 3. The maximum Gasteiger partial charge on any atom is 0.317 e. The predicted octanol–water partition coefficient (Wildman–Crippen LogP) is 3.30. The molecular weight excluding hydrogens is 432 g/mol. The van der Waals surface area contributed by atoms with Gasteiger partial charge in [0.15, 0.2) is 0 Å². The number of aliphatic hydroxyl groups excluding tert-OH is 1. The van der Waals surface area contributed by atoms with E-state index in [0.717, 1.165) is 53.6 Å². The van der Waals surface area contributed by atoms with Gasteiger partial charge in [-0.2, -0.15) is 0 Å². The molecule has 3 amide bonds. The molecule has 1 saturated carbocycles. The van der Waals surface area contributed by atoms with Gasteiger partial charge in [0.05, 0.1) is 25.2 Å². The summed E-state index contributed by atoms with van der Waals surface area (Å²) in [6.07, 6.45) is 5.19. The molecule has 3 heterocycles. The van der Waals surface area contributed by atoms with Gasteiger partial charge >= 0.3 is 6.03 Å². The second-order valence-corrected chi connectivity index (χ2v) is 10.6. The van der Waals surface area contributed by atoms with E-state index in [1.165, 1.54) is 6.42 Å². The Bertz CT molecular complexity index is 1080. The van der Waals surface area contributed by atoms with Crippen molar-refractivity contribution in [2.45, 2.75) is 63.5 Å². The molecule has 0 unspecified atom stereocenters. The Labute approximate surface area is 200 Å². The number of aromatic nitrogens is 1. The normalized spacial score (nSPS) is 22.1. The molecule has 2 aromatic rings. The van der Waals surface area contributed by atoms with Crippen LogP contribution in [0.2, 0.25) is 0 Å². The van der Waals surface area contributed by atoms with Gasteiger partial charge in [0.1, 0.15) is 5.75 Å². The minimum atomic E-state index is -0.410. The van der Waals surface area contributed by atoms with Crippen molar-refractivity contribution in [2.24, 2.45) is 5.92 Å². The Morgan fingerprint density at radius 1 is 1.21 bits per heavy atom. The van der Waals surface area contributed by atoms with E-state index in [0.29, 0.717) is 19.6 Å². The zero-order chi connectivity index (χ0) is 24.0. The van der Waals surface area contributed by atoms with Crippen LogP contribution in [0.25, 0.3) is 10.9 Å². The third-order valence-electron chi connectivity index (χ3n) is 7.84. The summed E-state index contributed by atoms with van der Waals surface area (Å²) in [5.41, 5.74) is 2.60. The summed E-state index contributed by atoms with van der Waals surface area (Å²) in [4.78, 5) is 33.7. The lowest BCUT2D eigenvalue weighted by Gasteiger charge is -2.56. The van der Waals surface area contributed by atoms with E-state index < -0.39 is 6.04 Å². The number of nitrogens with zero attached hydrogens (tertiary/aromatic N) is 2. The highest BCUT2D eigenvalue weighted by atomic mass is 16.5. The molecule has 1 atom stereocenters. The van der Waals surface area contributed by atoms with Gasteiger partial charge in [-0.1, -0.05) is 19.3 Å². The lowest BCUT2D eigenvalue weighted by molar-refractivity contribution is -0.143. The summed E-state index contributed by atoms with van der Waals surface area (Å²) in [6, 6.07) is 5.54. The van der Waals surface area contributed by atoms with Crippen LogP contribution in [0.15, 0.2) is 18.2 Å².